The number of pyridine rings is 2. The van der Waals surface area contributed by atoms with E-state index in [2.05, 4.69) is 15.1 Å². The summed E-state index contributed by atoms with van der Waals surface area (Å²) in [6, 6.07) is 17.7. The molecular formula is C27H21ClN4O4. The molecule has 0 aliphatic carbocycles. The summed E-state index contributed by atoms with van der Waals surface area (Å²) in [6.07, 6.45) is 3.07. The standard InChI is InChI=1S/C27H21ClN4O4/c28-18-7-5-16(6-8-18)22-15-21(31-32(22)23(33)9-10-24(34)35)26-25(17-11-13-29-14-12-17)19-3-1-2-4-20(19)30-27(26)36/h1-8,11-14,22H,9-10,15H2,(H,30,36)(H,34,35). The molecule has 0 spiro atoms. The van der Waals surface area contributed by atoms with Crippen LogP contribution in [0.5, 0.6) is 0 Å². The Morgan fingerprint density at radius 1 is 1.00 bits per heavy atom. The largest absolute Gasteiger partial charge is 0.481 e. The number of carboxylic acids is 1. The second-order valence-electron chi connectivity index (χ2n) is 8.44. The van der Waals surface area contributed by atoms with E-state index in [0.717, 1.165) is 16.5 Å². The number of carbonyl (C=O) groups is 2. The van der Waals surface area contributed by atoms with Gasteiger partial charge in [-0.25, -0.2) is 5.01 Å². The molecule has 0 saturated carbocycles. The molecule has 180 valence electrons. The number of para-hydroxylation sites is 1. The molecule has 0 fully saturated rings. The van der Waals surface area contributed by atoms with Gasteiger partial charge in [-0.15, -0.1) is 0 Å². The summed E-state index contributed by atoms with van der Waals surface area (Å²) in [4.78, 5) is 44.6. The van der Waals surface area contributed by atoms with Crippen molar-refractivity contribution in [2.45, 2.75) is 25.3 Å². The zero-order valence-corrected chi connectivity index (χ0v) is 19.8. The van der Waals surface area contributed by atoms with Gasteiger partial charge < -0.3 is 10.1 Å². The molecule has 9 heteroatoms. The Labute approximate surface area is 210 Å². The van der Waals surface area contributed by atoms with Gasteiger partial charge in [-0.1, -0.05) is 41.9 Å². The molecule has 2 N–H and O–H groups in total. The van der Waals surface area contributed by atoms with Gasteiger partial charge in [0, 0.05) is 46.7 Å². The molecule has 1 aliphatic rings. The molecule has 2 aromatic carbocycles. The number of fused-ring (bicyclic) bond motifs is 1. The average molecular weight is 501 g/mol. The number of amides is 1. The van der Waals surface area contributed by atoms with Gasteiger partial charge in [0.05, 0.1) is 23.7 Å². The van der Waals surface area contributed by atoms with Gasteiger partial charge in [0.1, 0.15) is 0 Å². The highest BCUT2D eigenvalue weighted by atomic mass is 35.5. The van der Waals surface area contributed by atoms with Crippen LogP contribution >= 0.6 is 11.6 Å². The van der Waals surface area contributed by atoms with E-state index >= 15 is 0 Å². The molecule has 2 aromatic heterocycles. The van der Waals surface area contributed by atoms with Crippen molar-refractivity contribution >= 4 is 40.1 Å². The number of carboxylic acid groups (broad SMARTS) is 1. The number of hydrazone groups is 1. The SMILES string of the molecule is O=C(O)CCC(=O)N1N=C(c2c(-c3ccncc3)c3ccccc3[nH]c2=O)CC1c1ccc(Cl)cc1. The van der Waals surface area contributed by atoms with Gasteiger partial charge in [-0.2, -0.15) is 5.10 Å². The minimum Gasteiger partial charge on any atom is -0.481 e. The highest BCUT2D eigenvalue weighted by Crippen LogP contribution is 2.37. The minimum absolute atomic E-state index is 0.207. The third-order valence-corrected chi connectivity index (χ3v) is 6.40. The number of nitrogens with zero attached hydrogens (tertiary/aromatic N) is 3. The van der Waals surface area contributed by atoms with E-state index in [1.165, 1.54) is 5.01 Å². The number of benzene rings is 2. The van der Waals surface area contributed by atoms with Gasteiger partial charge in [0.2, 0.25) is 5.91 Å². The first kappa shape index (κ1) is 23.4. The predicted molar refractivity (Wildman–Crippen MR) is 137 cm³/mol. The highest BCUT2D eigenvalue weighted by Gasteiger charge is 2.35. The van der Waals surface area contributed by atoms with Gasteiger partial charge in [-0.05, 0) is 41.5 Å². The Kier molecular flexibility index (Phi) is 6.35. The summed E-state index contributed by atoms with van der Waals surface area (Å²) >= 11 is 6.07. The number of aromatic amines is 1. The Balaban J connectivity index is 1.67. The molecule has 0 saturated heterocycles. The van der Waals surface area contributed by atoms with Crippen LogP contribution in [0, 0.1) is 0 Å². The second kappa shape index (κ2) is 9.75. The predicted octanol–water partition coefficient (Wildman–Crippen LogP) is 4.79. The monoisotopic (exact) mass is 500 g/mol. The van der Waals surface area contributed by atoms with Crippen LogP contribution in [0.3, 0.4) is 0 Å². The Morgan fingerprint density at radius 3 is 2.44 bits per heavy atom. The molecule has 1 aliphatic heterocycles. The fraction of sp³-hybridized carbons (Fsp3) is 0.148. The van der Waals surface area contributed by atoms with Crippen LogP contribution in [0.15, 0.2) is 83.0 Å². The average Bonchev–Trinajstić information content (AvgIpc) is 3.32. The van der Waals surface area contributed by atoms with Crippen LogP contribution in [-0.2, 0) is 9.59 Å². The number of carbonyl (C=O) groups excluding carboxylic acids is 1. The van der Waals surface area contributed by atoms with E-state index in [-0.39, 0.29) is 24.8 Å². The van der Waals surface area contributed by atoms with Gasteiger partial charge in [0.25, 0.3) is 5.56 Å². The van der Waals surface area contributed by atoms with Crippen LogP contribution in [0.1, 0.15) is 36.4 Å². The highest BCUT2D eigenvalue weighted by molar-refractivity contribution is 6.30. The van der Waals surface area contributed by atoms with E-state index in [4.69, 9.17) is 16.7 Å². The maximum absolute atomic E-state index is 13.4. The van der Waals surface area contributed by atoms with Crippen molar-refractivity contribution in [3.05, 3.63) is 99.6 Å². The maximum Gasteiger partial charge on any atom is 0.303 e. The second-order valence-corrected chi connectivity index (χ2v) is 8.87. The first-order valence-corrected chi connectivity index (χ1v) is 11.7. The lowest BCUT2D eigenvalue weighted by Crippen LogP contribution is -2.27. The zero-order valence-electron chi connectivity index (χ0n) is 19.0. The molecule has 8 nitrogen and oxygen atoms in total. The smallest absolute Gasteiger partial charge is 0.303 e. The minimum atomic E-state index is -1.07. The number of nitrogens with one attached hydrogen (secondary N) is 1. The quantitative estimate of drug-likeness (QED) is 0.395. The van der Waals surface area contributed by atoms with Crippen molar-refractivity contribution in [3.63, 3.8) is 0 Å². The third-order valence-electron chi connectivity index (χ3n) is 6.15. The summed E-state index contributed by atoms with van der Waals surface area (Å²) in [5, 5.41) is 16.4. The van der Waals surface area contributed by atoms with Crippen LogP contribution in [0.2, 0.25) is 5.02 Å². The van der Waals surface area contributed by atoms with E-state index in [9.17, 15) is 14.4 Å². The Hall–Kier alpha value is -4.30. The number of aromatic nitrogens is 2. The zero-order chi connectivity index (χ0) is 25.2. The number of halogens is 1. The normalized spacial score (nSPS) is 15.2. The van der Waals surface area contributed by atoms with Crippen molar-refractivity contribution in [1.29, 1.82) is 0 Å². The lowest BCUT2D eigenvalue weighted by Gasteiger charge is -2.22. The molecule has 3 heterocycles. The molecule has 1 amide bonds. The van der Waals surface area contributed by atoms with Crippen LogP contribution in [0.25, 0.3) is 22.0 Å². The van der Waals surface area contributed by atoms with Gasteiger partial charge in [0.15, 0.2) is 0 Å². The first-order chi connectivity index (χ1) is 17.4. The molecule has 1 atom stereocenters. The molecule has 1 unspecified atom stereocenters. The van der Waals surface area contributed by atoms with Gasteiger partial charge in [-0.3, -0.25) is 19.4 Å². The lowest BCUT2D eigenvalue weighted by atomic mass is 9.91. The molecule has 0 bridgehead atoms. The van der Waals surface area contributed by atoms with E-state index in [0.29, 0.717) is 27.4 Å². The van der Waals surface area contributed by atoms with Crippen molar-refractivity contribution in [2.24, 2.45) is 5.10 Å². The maximum atomic E-state index is 13.4. The Morgan fingerprint density at radius 2 is 1.72 bits per heavy atom. The summed E-state index contributed by atoms with van der Waals surface area (Å²) in [5.74, 6) is -1.50. The van der Waals surface area contributed by atoms with E-state index < -0.39 is 17.9 Å². The lowest BCUT2D eigenvalue weighted by molar-refractivity contribution is -0.141. The molecule has 5 rings (SSSR count). The summed E-state index contributed by atoms with van der Waals surface area (Å²) in [7, 11) is 0. The number of rotatable bonds is 6. The molecule has 4 aromatic rings. The van der Waals surface area contributed by atoms with Crippen molar-refractivity contribution in [2.75, 3.05) is 0 Å². The van der Waals surface area contributed by atoms with Crippen LogP contribution < -0.4 is 5.56 Å². The van der Waals surface area contributed by atoms with E-state index in [1.54, 1.807) is 36.7 Å². The summed E-state index contributed by atoms with van der Waals surface area (Å²) in [6.45, 7) is 0. The Bertz CT molecular complexity index is 1550. The third kappa shape index (κ3) is 4.50. The molecule has 0 radical (unpaired) electrons. The van der Waals surface area contributed by atoms with Crippen molar-refractivity contribution in [1.82, 2.24) is 15.0 Å². The fourth-order valence-electron chi connectivity index (χ4n) is 4.50. The first-order valence-electron chi connectivity index (χ1n) is 11.3. The van der Waals surface area contributed by atoms with Crippen molar-refractivity contribution < 1.29 is 14.7 Å². The topological polar surface area (TPSA) is 116 Å². The van der Waals surface area contributed by atoms with Crippen LogP contribution in [-0.4, -0.2) is 37.7 Å². The number of aliphatic carboxylic acids is 1. The molecule has 36 heavy (non-hydrogen) atoms. The molecular weight excluding hydrogens is 480 g/mol. The van der Waals surface area contributed by atoms with Gasteiger partial charge >= 0.3 is 5.97 Å². The van der Waals surface area contributed by atoms with Crippen molar-refractivity contribution in [3.8, 4) is 11.1 Å². The number of H-pyrrole nitrogens is 1. The summed E-state index contributed by atoms with van der Waals surface area (Å²) < 4.78 is 0. The summed E-state index contributed by atoms with van der Waals surface area (Å²) in [5.41, 5.74) is 3.44. The van der Waals surface area contributed by atoms with Crippen LogP contribution in [0.4, 0.5) is 0 Å². The van der Waals surface area contributed by atoms with E-state index in [1.807, 2.05) is 36.4 Å². The number of hydrogen-bond donors (Lipinski definition) is 2. The number of hydrogen-bond acceptors (Lipinski definition) is 5. The fourth-order valence-corrected chi connectivity index (χ4v) is 4.63.